The van der Waals surface area contributed by atoms with Crippen molar-refractivity contribution in [3.63, 3.8) is 0 Å². The molecule has 6 rings (SSSR count). The number of para-hydroxylation sites is 1. The molecule has 20 nitrogen and oxygen atoms in total. The highest BCUT2D eigenvalue weighted by atomic mass is 16.8. The van der Waals surface area contributed by atoms with Gasteiger partial charge in [0.05, 0.1) is 6.33 Å². The summed E-state index contributed by atoms with van der Waals surface area (Å²) in [6.45, 7) is 20.9. The van der Waals surface area contributed by atoms with E-state index in [1.165, 1.54) is 12.7 Å². The molecule has 3 amide bonds. The highest BCUT2D eigenvalue weighted by Crippen LogP contribution is 2.44. The first-order valence-corrected chi connectivity index (χ1v) is 23.2. The third kappa shape index (κ3) is 15.5. The lowest BCUT2D eigenvalue weighted by Crippen LogP contribution is -2.47. The normalized spacial score (nSPS) is 19.4. The lowest BCUT2D eigenvalue weighted by atomic mass is 10.1. The van der Waals surface area contributed by atoms with Crippen LogP contribution in [0.5, 0.6) is 11.5 Å². The maximum absolute atomic E-state index is 13.7. The number of nitrogens with one attached hydrogen (secondary N) is 2. The van der Waals surface area contributed by atoms with Gasteiger partial charge in [-0.3, -0.25) is 9.88 Å². The number of amides is 3. The van der Waals surface area contributed by atoms with Crippen molar-refractivity contribution in [2.75, 3.05) is 38.0 Å². The van der Waals surface area contributed by atoms with E-state index in [4.69, 9.17) is 33.2 Å². The highest BCUT2D eigenvalue weighted by Gasteiger charge is 2.56. The van der Waals surface area contributed by atoms with Gasteiger partial charge < -0.3 is 53.4 Å². The molecule has 20 heteroatoms. The number of anilines is 1. The fourth-order valence-corrected chi connectivity index (χ4v) is 7.85. The minimum absolute atomic E-state index is 0.0118. The summed E-state index contributed by atoms with van der Waals surface area (Å²) in [4.78, 5) is 68.7. The second kappa shape index (κ2) is 21.7. The summed E-state index contributed by atoms with van der Waals surface area (Å²) in [6, 6.07) is 15.9. The summed E-state index contributed by atoms with van der Waals surface area (Å²) >= 11 is 0. The number of carbonyl (C=O) groups excluding carboxylic acids is 3. The van der Waals surface area contributed by atoms with E-state index in [2.05, 4.69) is 25.6 Å². The second-order valence-corrected chi connectivity index (χ2v) is 20.6. The number of nitrogens with zero attached hydrogens (tertiary/aromatic N) is 6. The molecular weight excluding hydrogens is 893 g/mol. The molecule has 69 heavy (non-hydrogen) atoms. The van der Waals surface area contributed by atoms with Crippen LogP contribution in [0.2, 0.25) is 0 Å². The van der Waals surface area contributed by atoms with E-state index in [1.807, 2.05) is 94.1 Å². The van der Waals surface area contributed by atoms with Crippen molar-refractivity contribution in [3.05, 3.63) is 72.8 Å². The van der Waals surface area contributed by atoms with Gasteiger partial charge >= 0.3 is 24.2 Å². The number of alkyl carbamates (subject to hydrolysis) is 1. The van der Waals surface area contributed by atoms with E-state index >= 15 is 0 Å². The second-order valence-electron chi connectivity index (χ2n) is 20.6. The molecule has 2 aliphatic heterocycles. The maximum atomic E-state index is 13.7. The van der Waals surface area contributed by atoms with Crippen LogP contribution >= 0.6 is 0 Å². The van der Waals surface area contributed by atoms with Crippen molar-refractivity contribution in [1.82, 2.24) is 34.6 Å². The molecule has 2 saturated heterocycles. The number of hydrogen-bond acceptors (Lipinski definition) is 15. The van der Waals surface area contributed by atoms with E-state index in [0.29, 0.717) is 49.4 Å². The predicted molar refractivity (Wildman–Crippen MR) is 254 cm³/mol. The van der Waals surface area contributed by atoms with Crippen LogP contribution in [0.15, 0.2) is 67.3 Å². The summed E-state index contributed by atoms with van der Waals surface area (Å²) in [7, 11) is 0. The van der Waals surface area contributed by atoms with Crippen molar-refractivity contribution in [2.24, 2.45) is 0 Å². The van der Waals surface area contributed by atoms with Crippen LogP contribution in [0, 0.1) is 0 Å². The maximum Gasteiger partial charge on any atom is 0.413 e. The number of carbonyl (C=O) groups is 4. The van der Waals surface area contributed by atoms with E-state index in [9.17, 15) is 24.3 Å². The van der Waals surface area contributed by atoms with E-state index in [-0.39, 0.29) is 25.3 Å². The van der Waals surface area contributed by atoms with E-state index in [0.717, 1.165) is 11.3 Å². The van der Waals surface area contributed by atoms with Gasteiger partial charge in [-0.05, 0) is 132 Å². The molecule has 2 fully saturated rings. The Morgan fingerprint density at radius 1 is 0.783 bits per heavy atom. The van der Waals surface area contributed by atoms with E-state index < -0.39 is 77.4 Å². The Kier molecular flexibility index (Phi) is 16.4. The molecule has 4 heterocycles. The van der Waals surface area contributed by atoms with Crippen molar-refractivity contribution in [3.8, 4) is 11.5 Å². The first kappa shape index (κ1) is 52.3. The third-order valence-electron chi connectivity index (χ3n) is 10.7. The lowest BCUT2D eigenvalue weighted by molar-refractivity contribution is -0.198. The first-order valence-electron chi connectivity index (χ1n) is 23.2. The van der Waals surface area contributed by atoms with Gasteiger partial charge in [-0.15, -0.1) is 0 Å². The molecule has 3 N–H and O–H groups in total. The summed E-state index contributed by atoms with van der Waals surface area (Å²) < 4.78 is 44.0. The Labute approximate surface area is 403 Å². The van der Waals surface area contributed by atoms with Gasteiger partial charge in [-0.25, -0.2) is 34.1 Å². The zero-order valence-electron chi connectivity index (χ0n) is 41.5. The van der Waals surface area contributed by atoms with Gasteiger partial charge in [0.1, 0.15) is 59.0 Å². The zero-order valence-corrected chi connectivity index (χ0v) is 41.5. The number of benzene rings is 2. The molecule has 0 saturated carbocycles. The molecule has 0 radical (unpaired) electrons. The van der Waals surface area contributed by atoms with Gasteiger partial charge in [0.2, 0.25) is 0 Å². The Balaban J connectivity index is 1.21. The quantitative estimate of drug-likeness (QED) is 0.0805. The number of ether oxygens (including phenoxy) is 7. The molecule has 0 bridgehead atoms. The molecular formula is C49H68N8O12. The molecule has 2 aromatic carbocycles. The van der Waals surface area contributed by atoms with Gasteiger partial charge in [0, 0.05) is 26.2 Å². The van der Waals surface area contributed by atoms with Crippen molar-refractivity contribution >= 4 is 41.2 Å². The van der Waals surface area contributed by atoms with Crippen LogP contribution in [0.1, 0.15) is 101 Å². The lowest BCUT2D eigenvalue weighted by Gasteiger charge is -2.31. The SMILES string of the molecule is CC(C)(C)OC(=O)Nc1ncnc2c1ncn2[C@@H]1O[C@H](CN(CCCN(CCc2ccc(Oc3ccccc3)cc2)C(=O)OC(C)(C)C)CC[C@H](NC(=O)OC(C)(C)C)C(=O)O)[C@H]2OC(C)(C)O[C@H]21. The standard InChI is InChI=1S/C49H68N8O12/c1-46(2,3)67-43(60)53-34(42(58)59)23-26-55(24-15-25-56(45(62)69-48(7,8)9)27-22-31-18-20-33(21-19-31)63-32-16-13-12-14-17-32)28-35-37-38(66-49(10,11)65-37)41(64-35)57-30-52-36-39(50-29-51-40(36)57)54-44(61)68-47(4,5)6/h12-14,16-21,29-30,34-35,37-38,41H,15,22-28H2,1-11H3,(H,53,60)(H,58,59)(H,50,51,54,61)/t34-,35+,37+,38+,41+/m0/s1. The minimum Gasteiger partial charge on any atom is -0.480 e. The Morgan fingerprint density at radius 2 is 1.42 bits per heavy atom. The van der Waals surface area contributed by atoms with Crippen LogP contribution in [0.25, 0.3) is 11.2 Å². The average Bonchev–Trinajstić information content (AvgIpc) is 3.90. The Morgan fingerprint density at radius 3 is 2.07 bits per heavy atom. The van der Waals surface area contributed by atoms with Gasteiger partial charge in [-0.2, -0.15) is 0 Å². The van der Waals surface area contributed by atoms with Gasteiger partial charge in [-0.1, -0.05) is 30.3 Å². The third-order valence-corrected chi connectivity index (χ3v) is 10.7. The van der Waals surface area contributed by atoms with Crippen molar-refractivity contribution in [1.29, 1.82) is 0 Å². The topological polar surface area (TPSA) is 227 Å². The number of rotatable bonds is 18. The van der Waals surface area contributed by atoms with Crippen LogP contribution in [0.3, 0.4) is 0 Å². The molecule has 0 unspecified atom stereocenters. The molecule has 376 valence electrons. The highest BCUT2D eigenvalue weighted by molar-refractivity contribution is 5.93. The number of hydrogen-bond donors (Lipinski definition) is 3. The monoisotopic (exact) mass is 960 g/mol. The van der Waals surface area contributed by atoms with Crippen LogP contribution in [-0.4, -0.2) is 138 Å². The van der Waals surface area contributed by atoms with Crippen LogP contribution in [-0.2, 0) is 39.6 Å². The number of fused-ring (bicyclic) bond motifs is 2. The average molecular weight is 961 g/mol. The molecule has 0 aliphatic carbocycles. The summed E-state index contributed by atoms with van der Waals surface area (Å²) in [6.07, 6.45) is -0.805. The van der Waals surface area contributed by atoms with Crippen molar-refractivity contribution < 1.29 is 57.4 Å². The summed E-state index contributed by atoms with van der Waals surface area (Å²) in [5, 5.41) is 15.4. The summed E-state index contributed by atoms with van der Waals surface area (Å²) in [5.74, 6) is -0.653. The molecule has 2 aliphatic rings. The number of aromatic nitrogens is 4. The minimum atomic E-state index is -1.28. The predicted octanol–water partition coefficient (Wildman–Crippen LogP) is 7.92. The number of carboxylic acid groups (broad SMARTS) is 1. The number of carboxylic acids is 1. The van der Waals surface area contributed by atoms with Crippen LogP contribution < -0.4 is 15.4 Å². The Hall–Kier alpha value is -6.09. The number of imidazole rings is 1. The Bertz CT molecular complexity index is 2380. The summed E-state index contributed by atoms with van der Waals surface area (Å²) in [5.41, 5.74) is -0.663. The fraction of sp³-hybridized carbons (Fsp3) is 0.571. The van der Waals surface area contributed by atoms with Crippen molar-refractivity contribution in [2.45, 2.75) is 149 Å². The largest absolute Gasteiger partial charge is 0.480 e. The molecule has 5 atom stereocenters. The van der Waals surface area contributed by atoms with Crippen LogP contribution in [0.4, 0.5) is 20.2 Å². The van der Waals surface area contributed by atoms with Gasteiger partial charge in [0.25, 0.3) is 0 Å². The smallest absolute Gasteiger partial charge is 0.413 e. The number of aliphatic carboxylic acids is 1. The van der Waals surface area contributed by atoms with E-state index in [1.54, 1.807) is 51.0 Å². The molecule has 0 spiro atoms. The van der Waals surface area contributed by atoms with Gasteiger partial charge in [0.15, 0.2) is 29.0 Å². The fourth-order valence-electron chi connectivity index (χ4n) is 7.85. The molecule has 4 aromatic rings. The first-order chi connectivity index (χ1) is 32.3. The zero-order chi connectivity index (χ0) is 50.3. The molecule has 2 aromatic heterocycles.